The average molecular weight is 438 g/mol. The minimum absolute atomic E-state index is 0.0368. The molecule has 1 aromatic heterocycles. The van der Waals surface area contributed by atoms with Crippen LogP contribution in [0.1, 0.15) is 29.3 Å². The van der Waals surface area contributed by atoms with Gasteiger partial charge >= 0.3 is 0 Å². The Bertz CT molecular complexity index is 1160. The second-order valence-electron chi connectivity index (χ2n) is 7.03. The molecule has 0 saturated heterocycles. The maximum absolute atomic E-state index is 12.5. The first-order valence-electron chi connectivity index (χ1n) is 9.66. The number of aromatic nitrogens is 1. The van der Waals surface area contributed by atoms with Crippen molar-refractivity contribution in [1.29, 1.82) is 0 Å². The van der Waals surface area contributed by atoms with Gasteiger partial charge in [-0.05, 0) is 43.2 Å². The van der Waals surface area contributed by atoms with Gasteiger partial charge in [0.2, 0.25) is 5.91 Å². The molecule has 0 aliphatic carbocycles. The number of benzene rings is 2. The van der Waals surface area contributed by atoms with Gasteiger partial charge in [0, 0.05) is 19.0 Å². The minimum atomic E-state index is -3.83. The van der Waals surface area contributed by atoms with Crippen molar-refractivity contribution in [3.05, 3.63) is 84.1 Å². The highest BCUT2D eigenvalue weighted by atomic mass is 32.2. The van der Waals surface area contributed by atoms with E-state index in [0.29, 0.717) is 24.2 Å². The molecule has 0 aliphatic rings. The minimum Gasteiger partial charge on any atom is -0.300 e. The van der Waals surface area contributed by atoms with E-state index in [1.54, 1.807) is 19.2 Å². The lowest BCUT2D eigenvalue weighted by Gasteiger charge is -2.17. The molecule has 1 amide bonds. The summed E-state index contributed by atoms with van der Waals surface area (Å²) in [4.78, 5) is 29.5. The summed E-state index contributed by atoms with van der Waals surface area (Å²) in [5.74, 6) is 0.196. The van der Waals surface area contributed by atoms with Crippen molar-refractivity contribution >= 4 is 33.2 Å². The molecule has 0 bridgehead atoms. The number of amides is 1. The van der Waals surface area contributed by atoms with Gasteiger partial charge in [-0.15, -0.1) is 0 Å². The summed E-state index contributed by atoms with van der Waals surface area (Å²) in [5, 5.41) is 0. The van der Waals surface area contributed by atoms with Crippen LogP contribution in [-0.2, 0) is 21.2 Å². The quantitative estimate of drug-likeness (QED) is 0.542. The standard InChI is InChI=1S/C23H23N3O4S/c1-17(27)19-9-12-21(13-10-19)31(29,30)25-20-11-14-22(24-16-20)26(2)23(28)15-8-18-6-4-3-5-7-18/h3-7,9-14,16,25H,8,15H2,1-2H3. The van der Waals surface area contributed by atoms with Crippen LogP contribution in [0.4, 0.5) is 11.5 Å². The van der Waals surface area contributed by atoms with Gasteiger partial charge in [-0.1, -0.05) is 42.5 Å². The highest BCUT2D eigenvalue weighted by Gasteiger charge is 2.16. The maximum Gasteiger partial charge on any atom is 0.261 e. The highest BCUT2D eigenvalue weighted by Crippen LogP contribution is 2.19. The number of sulfonamides is 1. The molecule has 0 radical (unpaired) electrons. The third-order valence-corrected chi connectivity index (χ3v) is 6.16. The fraction of sp³-hybridized carbons (Fsp3) is 0.174. The van der Waals surface area contributed by atoms with E-state index in [-0.39, 0.29) is 22.3 Å². The van der Waals surface area contributed by atoms with Crippen molar-refractivity contribution in [3.8, 4) is 0 Å². The lowest BCUT2D eigenvalue weighted by molar-refractivity contribution is -0.118. The molecule has 31 heavy (non-hydrogen) atoms. The van der Waals surface area contributed by atoms with E-state index in [0.717, 1.165) is 5.56 Å². The predicted molar refractivity (Wildman–Crippen MR) is 120 cm³/mol. The lowest BCUT2D eigenvalue weighted by atomic mass is 10.1. The van der Waals surface area contributed by atoms with Gasteiger partial charge in [0.15, 0.2) is 5.78 Å². The van der Waals surface area contributed by atoms with Crippen LogP contribution in [-0.4, -0.2) is 32.1 Å². The van der Waals surface area contributed by atoms with Crippen LogP contribution in [0, 0.1) is 0 Å². The predicted octanol–water partition coefficient (Wildman–Crippen LogP) is 3.68. The van der Waals surface area contributed by atoms with Crippen molar-refractivity contribution in [2.24, 2.45) is 0 Å². The maximum atomic E-state index is 12.5. The molecule has 3 rings (SSSR count). The molecule has 0 spiro atoms. The number of pyridine rings is 1. The van der Waals surface area contributed by atoms with Gasteiger partial charge in [-0.2, -0.15) is 0 Å². The number of Topliss-reactive ketones (excluding diaryl/α,β-unsaturated/α-hetero) is 1. The van der Waals surface area contributed by atoms with Crippen molar-refractivity contribution in [1.82, 2.24) is 4.98 Å². The van der Waals surface area contributed by atoms with Crippen LogP contribution < -0.4 is 9.62 Å². The zero-order valence-electron chi connectivity index (χ0n) is 17.3. The van der Waals surface area contributed by atoms with Crippen LogP contribution in [0.3, 0.4) is 0 Å². The van der Waals surface area contributed by atoms with Crippen molar-refractivity contribution < 1.29 is 18.0 Å². The smallest absolute Gasteiger partial charge is 0.261 e. The summed E-state index contributed by atoms with van der Waals surface area (Å²) in [5.41, 5.74) is 1.78. The van der Waals surface area contributed by atoms with Gasteiger partial charge in [0.25, 0.3) is 10.0 Å². The number of hydrogen-bond acceptors (Lipinski definition) is 5. The molecule has 1 N–H and O–H groups in total. The number of aryl methyl sites for hydroxylation is 1. The molecule has 7 nitrogen and oxygen atoms in total. The molecule has 160 valence electrons. The molecule has 0 saturated carbocycles. The molecule has 2 aromatic carbocycles. The number of anilines is 2. The Morgan fingerprint density at radius 2 is 1.65 bits per heavy atom. The van der Waals surface area contributed by atoms with E-state index in [2.05, 4.69) is 9.71 Å². The third-order valence-electron chi connectivity index (χ3n) is 4.76. The number of rotatable bonds is 8. The van der Waals surface area contributed by atoms with Crippen LogP contribution in [0.2, 0.25) is 0 Å². The number of ketones is 1. The van der Waals surface area contributed by atoms with E-state index < -0.39 is 10.0 Å². The first kappa shape index (κ1) is 22.2. The summed E-state index contributed by atoms with van der Waals surface area (Å²) < 4.78 is 27.5. The summed E-state index contributed by atoms with van der Waals surface area (Å²) in [6, 6.07) is 18.5. The molecule has 3 aromatic rings. The van der Waals surface area contributed by atoms with E-state index in [1.807, 2.05) is 30.3 Å². The van der Waals surface area contributed by atoms with Gasteiger partial charge in [-0.25, -0.2) is 13.4 Å². The molecule has 0 atom stereocenters. The Labute approximate surface area is 181 Å². The molecule has 8 heteroatoms. The normalized spacial score (nSPS) is 11.0. The summed E-state index contributed by atoms with van der Waals surface area (Å²) >= 11 is 0. The van der Waals surface area contributed by atoms with Crippen molar-refractivity contribution in [3.63, 3.8) is 0 Å². The summed E-state index contributed by atoms with van der Waals surface area (Å²) in [7, 11) is -2.19. The second kappa shape index (κ2) is 9.53. The number of hydrogen-bond donors (Lipinski definition) is 1. The van der Waals surface area contributed by atoms with Gasteiger partial charge in [-0.3, -0.25) is 19.2 Å². The Hall–Kier alpha value is -3.52. The Balaban J connectivity index is 1.63. The van der Waals surface area contributed by atoms with Gasteiger partial charge in [0.05, 0.1) is 16.8 Å². The number of nitrogens with zero attached hydrogens (tertiary/aromatic N) is 2. The van der Waals surface area contributed by atoms with Crippen LogP contribution >= 0.6 is 0 Å². The van der Waals surface area contributed by atoms with Crippen LogP contribution in [0.25, 0.3) is 0 Å². The van der Waals surface area contributed by atoms with Crippen LogP contribution in [0.15, 0.2) is 77.8 Å². The number of carbonyl (C=O) groups is 2. The van der Waals surface area contributed by atoms with Gasteiger partial charge < -0.3 is 0 Å². The van der Waals surface area contributed by atoms with E-state index in [1.165, 1.54) is 42.3 Å². The van der Waals surface area contributed by atoms with E-state index in [4.69, 9.17) is 0 Å². The topological polar surface area (TPSA) is 96.4 Å². The molecule has 0 fully saturated rings. The SMILES string of the molecule is CC(=O)c1ccc(S(=O)(=O)Nc2ccc(N(C)C(=O)CCc3ccccc3)nc2)cc1. The van der Waals surface area contributed by atoms with Crippen molar-refractivity contribution in [2.75, 3.05) is 16.7 Å². The third kappa shape index (κ3) is 5.76. The van der Waals surface area contributed by atoms with Crippen LogP contribution in [0.5, 0.6) is 0 Å². The summed E-state index contributed by atoms with van der Waals surface area (Å²) in [6.07, 6.45) is 2.33. The van der Waals surface area contributed by atoms with E-state index in [9.17, 15) is 18.0 Å². The zero-order valence-corrected chi connectivity index (χ0v) is 18.1. The lowest BCUT2D eigenvalue weighted by Crippen LogP contribution is -2.27. The fourth-order valence-corrected chi connectivity index (χ4v) is 3.96. The Kier molecular flexibility index (Phi) is 6.81. The number of nitrogens with one attached hydrogen (secondary N) is 1. The Morgan fingerprint density at radius 3 is 2.23 bits per heavy atom. The van der Waals surface area contributed by atoms with E-state index >= 15 is 0 Å². The first-order valence-corrected chi connectivity index (χ1v) is 11.1. The first-order chi connectivity index (χ1) is 14.8. The van der Waals surface area contributed by atoms with Crippen molar-refractivity contribution in [2.45, 2.75) is 24.7 Å². The molecule has 0 aliphatic heterocycles. The molecular formula is C23H23N3O4S. The molecule has 1 heterocycles. The van der Waals surface area contributed by atoms with Gasteiger partial charge in [0.1, 0.15) is 5.82 Å². The monoisotopic (exact) mass is 437 g/mol. The Morgan fingerprint density at radius 1 is 0.968 bits per heavy atom. The molecular weight excluding hydrogens is 414 g/mol. The number of carbonyl (C=O) groups excluding carboxylic acids is 2. The fourth-order valence-electron chi connectivity index (χ4n) is 2.92. The molecule has 0 unspecified atom stereocenters. The highest BCUT2D eigenvalue weighted by molar-refractivity contribution is 7.92. The largest absolute Gasteiger partial charge is 0.300 e. The average Bonchev–Trinajstić information content (AvgIpc) is 2.78. The summed E-state index contributed by atoms with van der Waals surface area (Å²) in [6.45, 7) is 1.42. The second-order valence-corrected chi connectivity index (χ2v) is 8.71. The zero-order chi connectivity index (χ0) is 22.4.